The van der Waals surface area contributed by atoms with E-state index in [0.717, 1.165) is 0 Å². The average Bonchev–Trinajstić information content (AvgIpc) is 2.84. The summed E-state index contributed by atoms with van der Waals surface area (Å²) in [5.41, 5.74) is 0.540. The minimum absolute atomic E-state index is 0.540. The van der Waals surface area contributed by atoms with E-state index >= 15 is 0 Å². The Morgan fingerprint density at radius 3 is 2.25 bits per heavy atom. The molecular weight excluding hydrogens is 246 g/mol. The highest BCUT2D eigenvalue weighted by Gasteiger charge is 2.34. The third-order valence-corrected chi connectivity index (χ3v) is 4.64. The lowest BCUT2D eigenvalue weighted by Crippen LogP contribution is -2.44. The molecule has 0 aliphatic heterocycles. The molecule has 3 nitrogen and oxygen atoms in total. The van der Waals surface area contributed by atoms with E-state index in [1.165, 1.54) is 64.8 Å². The molecule has 1 aliphatic carbocycles. The molecule has 1 aliphatic rings. The molecule has 1 saturated carbocycles. The molecule has 3 heteroatoms. The second-order valence-electron chi connectivity index (χ2n) is 7.27. The first kappa shape index (κ1) is 17.9. The Labute approximate surface area is 127 Å². The number of rotatable bonds is 10. The third kappa shape index (κ3) is 6.55. The van der Waals surface area contributed by atoms with E-state index in [4.69, 9.17) is 0 Å². The summed E-state index contributed by atoms with van der Waals surface area (Å²) in [4.78, 5) is 4.97. The van der Waals surface area contributed by atoms with Crippen molar-refractivity contribution in [3.8, 4) is 0 Å². The van der Waals surface area contributed by atoms with Crippen LogP contribution in [0.5, 0.6) is 0 Å². The molecule has 0 bridgehead atoms. The SMILES string of the molecule is CCN(CCCN(C)C)CC1(CNC(C)C)CCCC1. The molecule has 1 N–H and O–H groups in total. The number of nitrogens with one attached hydrogen (secondary N) is 1. The molecule has 0 amide bonds. The Balaban J connectivity index is 2.45. The van der Waals surface area contributed by atoms with E-state index < -0.39 is 0 Å². The van der Waals surface area contributed by atoms with Crippen LogP contribution in [0.3, 0.4) is 0 Å². The highest BCUT2D eigenvalue weighted by Crippen LogP contribution is 2.38. The molecule has 120 valence electrons. The first-order valence-electron chi connectivity index (χ1n) is 8.58. The maximum Gasteiger partial charge on any atom is 0.00500 e. The number of hydrogen-bond donors (Lipinski definition) is 1. The lowest BCUT2D eigenvalue weighted by molar-refractivity contribution is 0.147. The monoisotopic (exact) mass is 283 g/mol. The van der Waals surface area contributed by atoms with Gasteiger partial charge < -0.3 is 15.1 Å². The van der Waals surface area contributed by atoms with Gasteiger partial charge in [-0.15, -0.1) is 0 Å². The minimum Gasteiger partial charge on any atom is -0.314 e. The van der Waals surface area contributed by atoms with Crippen LogP contribution < -0.4 is 5.32 Å². The largest absolute Gasteiger partial charge is 0.314 e. The summed E-state index contributed by atoms with van der Waals surface area (Å²) in [5.74, 6) is 0. The molecule has 1 fully saturated rings. The van der Waals surface area contributed by atoms with Crippen LogP contribution in [0.15, 0.2) is 0 Å². The van der Waals surface area contributed by atoms with Crippen molar-refractivity contribution >= 4 is 0 Å². The minimum atomic E-state index is 0.540. The van der Waals surface area contributed by atoms with Gasteiger partial charge in [0.15, 0.2) is 0 Å². The summed E-state index contributed by atoms with van der Waals surface area (Å²) < 4.78 is 0. The molecule has 0 heterocycles. The Morgan fingerprint density at radius 2 is 1.75 bits per heavy atom. The summed E-state index contributed by atoms with van der Waals surface area (Å²) in [6, 6.07) is 0.608. The van der Waals surface area contributed by atoms with Gasteiger partial charge in [-0.2, -0.15) is 0 Å². The van der Waals surface area contributed by atoms with Gasteiger partial charge in [0.25, 0.3) is 0 Å². The molecule has 0 unspecified atom stereocenters. The highest BCUT2D eigenvalue weighted by atomic mass is 15.1. The van der Waals surface area contributed by atoms with E-state index in [9.17, 15) is 0 Å². The number of hydrogen-bond acceptors (Lipinski definition) is 3. The Bertz CT molecular complexity index is 245. The summed E-state index contributed by atoms with van der Waals surface area (Å²) in [7, 11) is 4.34. The molecule has 0 spiro atoms. The first-order valence-corrected chi connectivity index (χ1v) is 8.58. The quantitative estimate of drug-likeness (QED) is 0.665. The molecular formula is C17H37N3. The fraction of sp³-hybridized carbons (Fsp3) is 1.00. The van der Waals surface area contributed by atoms with Gasteiger partial charge in [-0.3, -0.25) is 0 Å². The molecule has 1 rings (SSSR count). The van der Waals surface area contributed by atoms with Crippen LogP contribution in [-0.2, 0) is 0 Å². The topological polar surface area (TPSA) is 18.5 Å². The fourth-order valence-corrected chi connectivity index (χ4v) is 3.37. The predicted octanol–water partition coefficient (Wildman–Crippen LogP) is 2.82. The van der Waals surface area contributed by atoms with Crippen molar-refractivity contribution in [3.05, 3.63) is 0 Å². The third-order valence-electron chi connectivity index (χ3n) is 4.64. The maximum absolute atomic E-state index is 3.70. The van der Waals surface area contributed by atoms with Crippen LogP contribution in [0.25, 0.3) is 0 Å². The molecule has 0 aromatic rings. The van der Waals surface area contributed by atoms with Gasteiger partial charge in [0, 0.05) is 19.1 Å². The smallest absolute Gasteiger partial charge is 0.00500 e. The van der Waals surface area contributed by atoms with Crippen LogP contribution in [0.1, 0.15) is 52.9 Å². The molecule has 0 atom stereocenters. The van der Waals surface area contributed by atoms with Crippen LogP contribution in [0.2, 0.25) is 0 Å². The molecule has 0 aromatic heterocycles. The second kappa shape index (κ2) is 9.01. The lowest BCUT2D eigenvalue weighted by atomic mass is 9.85. The summed E-state index contributed by atoms with van der Waals surface area (Å²) in [6.45, 7) is 13.0. The zero-order valence-electron chi connectivity index (χ0n) is 14.5. The molecule has 20 heavy (non-hydrogen) atoms. The van der Waals surface area contributed by atoms with Crippen molar-refractivity contribution in [1.29, 1.82) is 0 Å². The van der Waals surface area contributed by atoms with E-state index in [1.54, 1.807) is 0 Å². The van der Waals surface area contributed by atoms with E-state index in [1.807, 2.05) is 0 Å². The summed E-state index contributed by atoms with van der Waals surface area (Å²) in [5, 5.41) is 3.70. The van der Waals surface area contributed by atoms with Gasteiger partial charge in [-0.25, -0.2) is 0 Å². The zero-order chi connectivity index (χ0) is 15.0. The van der Waals surface area contributed by atoms with Crippen molar-refractivity contribution in [2.75, 3.05) is 46.8 Å². The Kier molecular flexibility index (Phi) is 8.08. The molecule has 0 saturated heterocycles. The second-order valence-corrected chi connectivity index (χ2v) is 7.27. The normalized spacial score (nSPS) is 18.6. The summed E-state index contributed by atoms with van der Waals surface area (Å²) in [6.07, 6.45) is 6.96. The van der Waals surface area contributed by atoms with Gasteiger partial charge in [-0.1, -0.05) is 33.6 Å². The predicted molar refractivity (Wildman–Crippen MR) is 89.3 cm³/mol. The van der Waals surface area contributed by atoms with E-state index in [-0.39, 0.29) is 0 Å². The van der Waals surface area contributed by atoms with Crippen molar-refractivity contribution in [1.82, 2.24) is 15.1 Å². The average molecular weight is 284 g/mol. The highest BCUT2D eigenvalue weighted by molar-refractivity contribution is 4.89. The van der Waals surface area contributed by atoms with Gasteiger partial charge in [0.05, 0.1) is 0 Å². The van der Waals surface area contributed by atoms with Gasteiger partial charge in [0.1, 0.15) is 0 Å². The zero-order valence-corrected chi connectivity index (χ0v) is 14.5. The standard InChI is InChI=1S/C17H37N3/c1-6-20(13-9-12-19(4)5)15-17(10-7-8-11-17)14-18-16(2)3/h16,18H,6-15H2,1-5H3. The Morgan fingerprint density at radius 1 is 1.10 bits per heavy atom. The van der Waals surface area contributed by atoms with Crippen LogP contribution in [0.4, 0.5) is 0 Å². The van der Waals surface area contributed by atoms with Gasteiger partial charge in [-0.05, 0) is 58.4 Å². The van der Waals surface area contributed by atoms with Crippen molar-refractivity contribution < 1.29 is 0 Å². The lowest BCUT2D eigenvalue weighted by Gasteiger charge is -2.36. The maximum atomic E-state index is 3.70. The van der Waals surface area contributed by atoms with Crippen LogP contribution >= 0.6 is 0 Å². The summed E-state index contributed by atoms with van der Waals surface area (Å²) >= 11 is 0. The van der Waals surface area contributed by atoms with E-state index in [0.29, 0.717) is 11.5 Å². The van der Waals surface area contributed by atoms with Crippen LogP contribution in [-0.4, -0.2) is 62.7 Å². The molecule has 0 aromatic carbocycles. The van der Waals surface area contributed by atoms with Crippen molar-refractivity contribution in [3.63, 3.8) is 0 Å². The van der Waals surface area contributed by atoms with Crippen LogP contribution in [0, 0.1) is 5.41 Å². The molecule has 0 radical (unpaired) electrons. The van der Waals surface area contributed by atoms with Gasteiger partial charge in [0.2, 0.25) is 0 Å². The number of nitrogens with zero attached hydrogens (tertiary/aromatic N) is 2. The van der Waals surface area contributed by atoms with Crippen molar-refractivity contribution in [2.45, 2.75) is 58.9 Å². The van der Waals surface area contributed by atoms with Gasteiger partial charge >= 0.3 is 0 Å². The van der Waals surface area contributed by atoms with E-state index in [2.05, 4.69) is 50.0 Å². The fourth-order valence-electron chi connectivity index (χ4n) is 3.37. The first-order chi connectivity index (χ1) is 9.47. The van der Waals surface area contributed by atoms with Crippen molar-refractivity contribution in [2.24, 2.45) is 5.41 Å². The Hall–Kier alpha value is -0.120.